The second kappa shape index (κ2) is 5.42. The molecular formula is C12H19N3O3S. The first-order valence-corrected chi connectivity index (χ1v) is 8.39. The van der Waals surface area contributed by atoms with Crippen molar-refractivity contribution in [1.29, 1.82) is 0 Å². The Morgan fingerprint density at radius 3 is 2.95 bits per heavy atom. The summed E-state index contributed by atoms with van der Waals surface area (Å²) in [6, 6.07) is -0.0202. The van der Waals surface area contributed by atoms with E-state index in [2.05, 4.69) is 10.4 Å². The number of carbonyl (C=O) groups excluding carboxylic acids is 1. The minimum absolute atomic E-state index is 0.0202. The Labute approximate surface area is 113 Å². The number of aryl methyl sites for hydroxylation is 1. The van der Waals surface area contributed by atoms with Crippen LogP contribution in [0.1, 0.15) is 24.9 Å². The molecule has 0 bridgehead atoms. The third-order valence-corrected chi connectivity index (χ3v) is 4.37. The maximum absolute atomic E-state index is 11.7. The molecule has 6 nitrogen and oxygen atoms in total. The van der Waals surface area contributed by atoms with Crippen molar-refractivity contribution in [2.75, 3.05) is 18.6 Å². The summed E-state index contributed by atoms with van der Waals surface area (Å²) in [5.41, 5.74) is 0.939. The number of sulfone groups is 1. The molecule has 2 rings (SSSR count). The minimum atomic E-state index is -2.99. The molecule has 0 aromatic carbocycles. The van der Waals surface area contributed by atoms with E-state index in [-0.39, 0.29) is 23.5 Å². The van der Waals surface area contributed by atoms with Gasteiger partial charge in [0.25, 0.3) is 0 Å². The highest BCUT2D eigenvalue weighted by molar-refractivity contribution is 7.90. The van der Waals surface area contributed by atoms with E-state index in [1.54, 1.807) is 10.9 Å². The van der Waals surface area contributed by atoms with E-state index in [4.69, 9.17) is 0 Å². The molecule has 0 aliphatic carbocycles. The fourth-order valence-corrected chi connectivity index (χ4v) is 2.79. The summed E-state index contributed by atoms with van der Waals surface area (Å²) in [5.74, 6) is 0.259. The molecule has 0 amide bonds. The van der Waals surface area contributed by atoms with E-state index in [0.717, 1.165) is 5.56 Å². The lowest BCUT2D eigenvalue weighted by atomic mass is 9.88. The third-order valence-electron chi connectivity index (χ3n) is 3.45. The summed E-state index contributed by atoms with van der Waals surface area (Å²) < 4.78 is 23.8. The third kappa shape index (κ3) is 3.63. The number of ketones is 1. The number of hydrogen-bond acceptors (Lipinski definition) is 5. The molecule has 19 heavy (non-hydrogen) atoms. The predicted octanol–water partition coefficient (Wildman–Crippen LogP) is 0.167. The largest absolute Gasteiger partial charge is 0.309 e. The second-order valence-electron chi connectivity index (χ2n) is 5.10. The van der Waals surface area contributed by atoms with Crippen LogP contribution in [0.5, 0.6) is 0 Å². The quantitative estimate of drug-likeness (QED) is 0.852. The van der Waals surface area contributed by atoms with Gasteiger partial charge in [0.15, 0.2) is 0 Å². The number of aromatic nitrogens is 2. The van der Waals surface area contributed by atoms with Crippen molar-refractivity contribution in [2.45, 2.75) is 25.9 Å². The van der Waals surface area contributed by atoms with Crippen LogP contribution < -0.4 is 5.32 Å². The standard InChI is InChI=1S/C12H19N3O3S/c1-9-11(16)3-4-13-12(9)10-7-14-15(8-10)5-6-19(2,17)18/h7-9,12-13H,3-6H2,1-2H3. The molecule has 1 fully saturated rings. The van der Waals surface area contributed by atoms with Gasteiger partial charge in [0.2, 0.25) is 0 Å². The Morgan fingerprint density at radius 2 is 2.26 bits per heavy atom. The number of piperidine rings is 1. The van der Waals surface area contributed by atoms with Crippen LogP contribution in [-0.4, -0.2) is 42.5 Å². The topological polar surface area (TPSA) is 81.1 Å². The zero-order valence-electron chi connectivity index (χ0n) is 11.2. The molecule has 1 aliphatic rings. The van der Waals surface area contributed by atoms with Gasteiger partial charge < -0.3 is 5.32 Å². The molecule has 1 aromatic heterocycles. The van der Waals surface area contributed by atoms with Crippen LogP contribution in [0.2, 0.25) is 0 Å². The van der Waals surface area contributed by atoms with Crippen LogP contribution in [0.3, 0.4) is 0 Å². The molecule has 2 atom stereocenters. The van der Waals surface area contributed by atoms with Crippen LogP contribution in [0, 0.1) is 5.92 Å². The first-order chi connectivity index (χ1) is 8.87. The highest BCUT2D eigenvalue weighted by Crippen LogP contribution is 2.26. The number of nitrogens with zero attached hydrogens (tertiary/aromatic N) is 2. The van der Waals surface area contributed by atoms with Crippen molar-refractivity contribution >= 4 is 15.6 Å². The average Bonchev–Trinajstić information content (AvgIpc) is 2.78. The molecule has 0 saturated carbocycles. The molecule has 7 heteroatoms. The first kappa shape index (κ1) is 14.2. The van der Waals surface area contributed by atoms with Gasteiger partial charge in [-0.3, -0.25) is 9.48 Å². The van der Waals surface area contributed by atoms with Gasteiger partial charge in [-0.1, -0.05) is 6.92 Å². The Bertz CT molecular complexity index is 565. The van der Waals surface area contributed by atoms with Crippen molar-refractivity contribution in [2.24, 2.45) is 5.92 Å². The highest BCUT2D eigenvalue weighted by atomic mass is 32.2. The maximum atomic E-state index is 11.7. The monoisotopic (exact) mass is 285 g/mol. The lowest BCUT2D eigenvalue weighted by Gasteiger charge is -2.28. The minimum Gasteiger partial charge on any atom is -0.309 e. The molecule has 1 N–H and O–H groups in total. The number of Topliss-reactive ketones (excluding diaryl/α,β-unsaturated/α-hetero) is 1. The second-order valence-corrected chi connectivity index (χ2v) is 7.36. The summed E-state index contributed by atoms with van der Waals surface area (Å²) in [5, 5.41) is 7.46. The van der Waals surface area contributed by atoms with Crippen molar-refractivity contribution in [3.8, 4) is 0 Å². The van der Waals surface area contributed by atoms with Crippen molar-refractivity contribution < 1.29 is 13.2 Å². The van der Waals surface area contributed by atoms with Crippen molar-refractivity contribution in [3.63, 3.8) is 0 Å². The number of hydrogen-bond donors (Lipinski definition) is 1. The Balaban J connectivity index is 2.06. The number of carbonyl (C=O) groups is 1. The fraction of sp³-hybridized carbons (Fsp3) is 0.667. The average molecular weight is 285 g/mol. The van der Waals surface area contributed by atoms with Gasteiger partial charge in [-0.25, -0.2) is 8.42 Å². The predicted molar refractivity (Wildman–Crippen MR) is 71.5 cm³/mol. The molecule has 1 saturated heterocycles. The van der Waals surface area contributed by atoms with Gasteiger partial charge in [-0.2, -0.15) is 5.10 Å². The molecular weight excluding hydrogens is 266 g/mol. The van der Waals surface area contributed by atoms with Gasteiger partial charge in [0, 0.05) is 42.9 Å². The van der Waals surface area contributed by atoms with E-state index in [1.165, 1.54) is 6.26 Å². The van der Waals surface area contributed by atoms with E-state index >= 15 is 0 Å². The van der Waals surface area contributed by atoms with Crippen LogP contribution in [0.4, 0.5) is 0 Å². The van der Waals surface area contributed by atoms with Crippen LogP contribution in [0.15, 0.2) is 12.4 Å². The van der Waals surface area contributed by atoms with Gasteiger partial charge >= 0.3 is 0 Å². The maximum Gasteiger partial charge on any atom is 0.149 e. The molecule has 0 radical (unpaired) electrons. The summed E-state index contributed by atoms with van der Waals surface area (Å²) in [6.07, 6.45) is 5.30. The van der Waals surface area contributed by atoms with Gasteiger partial charge in [0.05, 0.1) is 18.5 Å². The molecule has 2 heterocycles. The van der Waals surface area contributed by atoms with Gasteiger partial charge in [-0.05, 0) is 0 Å². The summed E-state index contributed by atoms with van der Waals surface area (Å²) in [4.78, 5) is 11.7. The lowest BCUT2D eigenvalue weighted by Crippen LogP contribution is -2.38. The summed E-state index contributed by atoms with van der Waals surface area (Å²) in [7, 11) is -2.99. The van der Waals surface area contributed by atoms with E-state index in [1.807, 2.05) is 13.1 Å². The zero-order chi connectivity index (χ0) is 14.0. The molecule has 1 aromatic rings. The molecule has 1 aliphatic heterocycles. The zero-order valence-corrected chi connectivity index (χ0v) is 12.0. The van der Waals surface area contributed by atoms with E-state index in [0.29, 0.717) is 19.5 Å². The normalized spacial score (nSPS) is 24.6. The summed E-state index contributed by atoms with van der Waals surface area (Å²) >= 11 is 0. The highest BCUT2D eigenvalue weighted by Gasteiger charge is 2.29. The Kier molecular flexibility index (Phi) is 4.05. The van der Waals surface area contributed by atoms with Crippen LogP contribution in [0.25, 0.3) is 0 Å². The fourth-order valence-electron chi connectivity index (χ4n) is 2.27. The first-order valence-electron chi connectivity index (χ1n) is 6.33. The Morgan fingerprint density at radius 1 is 1.53 bits per heavy atom. The number of nitrogens with one attached hydrogen (secondary N) is 1. The van der Waals surface area contributed by atoms with Crippen molar-refractivity contribution in [1.82, 2.24) is 15.1 Å². The lowest BCUT2D eigenvalue weighted by molar-refractivity contribution is -0.124. The number of rotatable bonds is 4. The van der Waals surface area contributed by atoms with E-state index in [9.17, 15) is 13.2 Å². The molecule has 106 valence electrons. The van der Waals surface area contributed by atoms with Gasteiger partial charge in [0.1, 0.15) is 15.6 Å². The SMILES string of the molecule is CC1C(=O)CCNC1c1cnn(CCS(C)(=O)=O)c1. The summed E-state index contributed by atoms with van der Waals surface area (Å²) in [6.45, 7) is 2.93. The molecule has 0 spiro atoms. The smallest absolute Gasteiger partial charge is 0.149 e. The van der Waals surface area contributed by atoms with Crippen LogP contribution in [-0.2, 0) is 21.2 Å². The van der Waals surface area contributed by atoms with Crippen molar-refractivity contribution in [3.05, 3.63) is 18.0 Å². The van der Waals surface area contributed by atoms with Gasteiger partial charge in [-0.15, -0.1) is 0 Å². The molecule has 2 unspecified atom stereocenters. The van der Waals surface area contributed by atoms with Crippen LogP contribution >= 0.6 is 0 Å². The Hall–Kier alpha value is -1.21. The van der Waals surface area contributed by atoms with E-state index < -0.39 is 9.84 Å².